The molecule has 0 aliphatic carbocycles. The molecule has 1 atom stereocenters. The predicted molar refractivity (Wildman–Crippen MR) is 97.2 cm³/mol. The van der Waals surface area contributed by atoms with E-state index in [0.717, 1.165) is 35.3 Å². The normalized spacial score (nSPS) is 12.5. The molecule has 0 amide bonds. The SMILES string of the molecule is CC(=O)OC(C(=O)c1ccc(Br)c(C)c1)c1ccc(S(C)(=O)=O)c(F)c1. The Balaban J connectivity index is 2.50. The first-order valence-corrected chi connectivity index (χ1v) is 10.2. The summed E-state index contributed by atoms with van der Waals surface area (Å²) in [6.07, 6.45) is -0.499. The molecule has 0 aromatic heterocycles. The van der Waals surface area contributed by atoms with Gasteiger partial charge in [-0.3, -0.25) is 9.59 Å². The molecule has 8 heteroatoms. The van der Waals surface area contributed by atoms with Gasteiger partial charge in [0.1, 0.15) is 10.7 Å². The average Bonchev–Trinajstić information content (AvgIpc) is 2.53. The smallest absolute Gasteiger partial charge is 0.303 e. The molecule has 0 spiro atoms. The summed E-state index contributed by atoms with van der Waals surface area (Å²) < 4.78 is 43.2. The molecule has 0 aliphatic rings. The summed E-state index contributed by atoms with van der Waals surface area (Å²) in [6, 6.07) is 8.06. The molecule has 2 aromatic carbocycles. The van der Waals surface area contributed by atoms with Gasteiger partial charge in [-0.25, -0.2) is 12.8 Å². The van der Waals surface area contributed by atoms with Crippen LogP contribution in [0.4, 0.5) is 4.39 Å². The second-order valence-corrected chi connectivity index (χ2v) is 8.62. The number of carbonyl (C=O) groups is 2. The van der Waals surface area contributed by atoms with Crippen LogP contribution in [0.15, 0.2) is 45.8 Å². The fraction of sp³-hybridized carbons (Fsp3) is 0.222. The molecule has 2 rings (SSSR count). The van der Waals surface area contributed by atoms with Crippen molar-refractivity contribution in [3.63, 3.8) is 0 Å². The number of sulfone groups is 1. The van der Waals surface area contributed by atoms with Crippen LogP contribution in [-0.4, -0.2) is 26.4 Å². The van der Waals surface area contributed by atoms with Crippen molar-refractivity contribution >= 4 is 37.5 Å². The van der Waals surface area contributed by atoms with Crippen molar-refractivity contribution in [1.29, 1.82) is 0 Å². The van der Waals surface area contributed by atoms with E-state index in [0.29, 0.717) is 0 Å². The van der Waals surface area contributed by atoms with Gasteiger partial charge in [0, 0.05) is 28.8 Å². The summed E-state index contributed by atoms with van der Waals surface area (Å²) in [5, 5.41) is 0. The highest BCUT2D eigenvalue weighted by Gasteiger charge is 2.27. The van der Waals surface area contributed by atoms with Gasteiger partial charge < -0.3 is 4.74 Å². The van der Waals surface area contributed by atoms with Crippen molar-refractivity contribution in [3.05, 3.63) is 63.4 Å². The lowest BCUT2D eigenvalue weighted by Gasteiger charge is -2.17. The number of carbonyl (C=O) groups excluding carboxylic acids is 2. The van der Waals surface area contributed by atoms with E-state index in [9.17, 15) is 22.4 Å². The minimum Gasteiger partial charge on any atom is -0.449 e. The van der Waals surface area contributed by atoms with E-state index in [-0.39, 0.29) is 11.1 Å². The van der Waals surface area contributed by atoms with Crippen LogP contribution >= 0.6 is 15.9 Å². The maximum atomic E-state index is 14.2. The van der Waals surface area contributed by atoms with Crippen LogP contribution in [0.1, 0.15) is 34.5 Å². The standard InChI is InChI=1S/C18H16BrFO5S/c1-10-8-12(4-6-14(10)19)17(22)18(25-11(2)21)13-5-7-16(15(20)9-13)26(3,23)24/h4-9,18H,1-3H3. The van der Waals surface area contributed by atoms with E-state index in [1.54, 1.807) is 25.1 Å². The summed E-state index contributed by atoms with van der Waals surface area (Å²) >= 11 is 3.33. The van der Waals surface area contributed by atoms with Gasteiger partial charge in [-0.15, -0.1) is 0 Å². The van der Waals surface area contributed by atoms with Gasteiger partial charge in [-0.1, -0.05) is 28.1 Å². The third-order valence-electron chi connectivity index (χ3n) is 3.62. The van der Waals surface area contributed by atoms with E-state index in [1.165, 1.54) is 6.07 Å². The molecule has 0 aliphatic heterocycles. The van der Waals surface area contributed by atoms with Crippen LogP contribution in [0.25, 0.3) is 0 Å². The Bertz CT molecular complexity index is 985. The highest BCUT2D eigenvalue weighted by atomic mass is 79.9. The van der Waals surface area contributed by atoms with Crippen molar-refractivity contribution in [3.8, 4) is 0 Å². The Morgan fingerprint density at radius 3 is 2.31 bits per heavy atom. The Kier molecular flexibility index (Phi) is 5.98. The lowest BCUT2D eigenvalue weighted by molar-refractivity contribution is -0.144. The number of rotatable bonds is 5. The fourth-order valence-electron chi connectivity index (χ4n) is 2.37. The van der Waals surface area contributed by atoms with Crippen LogP contribution in [-0.2, 0) is 19.4 Å². The second-order valence-electron chi connectivity index (χ2n) is 5.78. The lowest BCUT2D eigenvalue weighted by atomic mass is 9.98. The van der Waals surface area contributed by atoms with E-state index < -0.39 is 38.4 Å². The molecule has 5 nitrogen and oxygen atoms in total. The van der Waals surface area contributed by atoms with Gasteiger partial charge in [0.2, 0.25) is 5.78 Å². The summed E-state index contributed by atoms with van der Waals surface area (Å²) in [6.45, 7) is 2.93. The van der Waals surface area contributed by atoms with Crippen LogP contribution in [0.2, 0.25) is 0 Å². The van der Waals surface area contributed by atoms with Crippen molar-refractivity contribution in [2.45, 2.75) is 24.8 Å². The zero-order valence-corrected chi connectivity index (χ0v) is 16.6. The summed E-state index contributed by atoms with van der Waals surface area (Å²) in [4.78, 5) is 23.7. The molecular formula is C18H16BrFO5S. The first-order valence-electron chi connectivity index (χ1n) is 7.48. The molecule has 0 heterocycles. The van der Waals surface area contributed by atoms with E-state index in [1.807, 2.05) is 0 Å². The maximum Gasteiger partial charge on any atom is 0.303 e. The Hall–Kier alpha value is -2.06. The first kappa shape index (κ1) is 20.3. The van der Waals surface area contributed by atoms with Crippen LogP contribution in [0, 0.1) is 12.7 Å². The number of hydrogen-bond acceptors (Lipinski definition) is 5. The number of halogens is 2. The van der Waals surface area contributed by atoms with Crippen LogP contribution < -0.4 is 0 Å². The number of ether oxygens (including phenoxy) is 1. The van der Waals surface area contributed by atoms with E-state index in [2.05, 4.69) is 15.9 Å². The second kappa shape index (κ2) is 7.67. The zero-order chi connectivity index (χ0) is 19.6. The van der Waals surface area contributed by atoms with E-state index in [4.69, 9.17) is 4.74 Å². The number of Topliss-reactive ketones (excluding diaryl/α,β-unsaturated/α-hetero) is 1. The molecule has 0 N–H and O–H groups in total. The van der Waals surface area contributed by atoms with Crippen molar-refractivity contribution in [1.82, 2.24) is 0 Å². The summed E-state index contributed by atoms with van der Waals surface area (Å²) in [7, 11) is -3.75. The van der Waals surface area contributed by atoms with Crippen molar-refractivity contribution < 1.29 is 27.1 Å². The molecule has 0 saturated carbocycles. The van der Waals surface area contributed by atoms with Gasteiger partial charge in [0.05, 0.1) is 0 Å². The number of esters is 1. The lowest BCUT2D eigenvalue weighted by Crippen LogP contribution is -2.19. The minimum atomic E-state index is -3.75. The molecule has 0 radical (unpaired) electrons. The monoisotopic (exact) mass is 442 g/mol. The Labute approximate surface area is 159 Å². The van der Waals surface area contributed by atoms with Gasteiger partial charge in [-0.2, -0.15) is 0 Å². The third kappa shape index (κ3) is 4.56. The number of hydrogen-bond donors (Lipinski definition) is 0. The molecule has 1 unspecified atom stereocenters. The number of benzene rings is 2. The molecule has 0 fully saturated rings. The molecule has 0 saturated heterocycles. The average molecular weight is 443 g/mol. The third-order valence-corrected chi connectivity index (χ3v) is 5.64. The molecule has 138 valence electrons. The molecule has 0 bridgehead atoms. The molecule has 2 aromatic rings. The predicted octanol–water partition coefficient (Wildman–Crippen LogP) is 3.79. The van der Waals surface area contributed by atoms with Crippen LogP contribution in [0.5, 0.6) is 0 Å². The number of ketones is 1. The maximum absolute atomic E-state index is 14.2. The molecular weight excluding hydrogens is 427 g/mol. The molecule has 26 heavy (non-hydrogen) atoms. The van der Waals surface area contributed by atoms with Gasteiger partial charge in [0.15, 0.2) is 15.9 Å². The van der Waals surface area contributed by atoms with Gasteiger partial charge >= 0.3 is 5.97 Å². The minimum absolute atomic E-state index is 0.0515. The van der Waals surface area contributed by atoms with Crippen LogP contribution in [0.3, 0.4) is 0 Å². The van der Waals surface area contributed by atoms with Gasteiger partial charge in [-0.05, 0) is 36.8 Å². The Morgan fingerprint density at radius 2 is 1.81 bits per heavy atom. The topological polar surface area (TPSA) is 77.5 Å². The largest absolute Gasteiger partial charge is 0.449 e. The summed E-state index contributed by atoms with van der Waals surface area (Å²) in [5.41, 5.74) is 1.14. The van der Waals surface area contributed by atoms with Crippen molar-refractivity contribution in [2.24, 2.45) is 0 Å². The van der Waals surface area contributed by atoms with E-state index >= 15 is 0 Å². The Morgan fingerprint density at radius 1 is 1.15 bits per heavy atom. The van der Waals surface area contributed by atoms with Gasteiger partial charge in [0.25, 0.3) is 0 Å². The van der Waals surface area contributed by atoms with Crippen molar-refractivity contribution in [2.75, 3.05) is 6.26 Å². The number of aryl methyl sites for hydroxylation is 1. The quantitative estimate of drug-likeness (QED) is 0.519. The highest BCUT2D eigenvalue weighted by Crippen LogP contribution is 2.27. The zero-order valence-electron chi connectivity index (χ0n) is 14.2. The fourth-order valence-corrected chi connectivity index (χ4v) is 3.34. The highest BCUT2D eigenvalue weighted by molar-refractivity contribution is 9.10. The summed E-state index contributed by atoms with van der Waals surface area (Å²) in [5.74, 6) is -2.27. The first-order chi connectivity index (χ1) is 12.0.